The molecule has 126 valence electrons. The second-order valence-corrected chi connectivity index (χ2v) is 6.91. The van der Waals surface area contributed by atoms with Crippen LogP contribution >= 0.6 is 11.8 Å². The van der Waals surface area contributed by atoms with Gasteiger partial charge in [-0.3, -0.25) is 14.3 Å². The van der Waals surface area contributed by atoms with Crippen LogP contribution in [-0.2, 0) is 11.8 Å². The Labute approximate surface area is 145 Å². The zero-order valence-electron chi connectivity index (χ0n) is 13.9. The molecule has 1 aromatic carbocycles. The molecule has 1 atom stereocenters. The largest absolute Gasteiger partial charge is 0.324 e. The molecule has 0 bridgehead atoms. The van der Waals surface area contributed by atoms with E-state index >= 15 is 0 Å². The molecule has 6 nitrogen and oxygen atoms in total. The SMILES string of the molecule is Cc1ccc(NC(=O)[C@@H]2CSCN2C(=O)c2cnn(C)c2C)cc1. The Morgan fingerprint density at radius 1 is 1.25 bits per heavy atom. The molecule has 2 amide bonds. The van der Waals surface area contributed by atoms with Crippen LogP contribution in [0.15, 0.2) is 30.5 Å². The number of carbonyl (C=O) groups excluding carboxylic acids is 2. The molecular weight excluding hydrogens is 324 g/mol. The minimum absolute atomic E-state index is 0.144. The predicted molar refractivity (Wildman–Crippen MR) is 95.0 cm³/mol. The van der Waals surface area contributed by atoms with Gasteiger partial charge < -0.3 is 10.2 Å². The molecule has 0 radical (unpaired) electrons. The summed E-state index contributed by atoms with van der Waals surface area (Å²) in [5.74, 6) is 0.815. The van der Waals surface area contributed by atoms with Gasteiger partial charge in [0.25, 0.3) is 5.91 Å². The highest BCUT2D eigenvalue weighted by atomic mass is 32.2. The van der Waals surface area contributed by atoms with Crippen LogP contribution in [0.1, 0.15) is 21.6 Å². The number of nitrogens with zero attached hydrogens (tertiary/aromatic N) is 3. The number of rotatable bonds is 3. The van der Waals surface area contributed by atoms with E-state index in [4.69, 9.17) is 0 Å². The third-order valence-corrected chi connectivity index (χ3v) is 5.24. The molecule has 1 aliphatic heterocycles. The molecule has 0 spiro atoms. The van der Waals surface area contributed by atoms with E-state index in [1.165, 1.54) is 0 Å². The van der Waals surface area contributed by atoms with Crippen LogP contribution in [-0.4, -0.2) is 44.2 Å². The number of benzene rings is 1. The van der Waals surface area contributed by atoms with Crippen molar-refractivity contribution in [1.29, 1.82) is 0 Å². The standard InChI is InChI=1S/C17H20N4O2S/c1-11-4-6-13(7-5-11)19-16(22)15-9-24-10-21(15)17(23)14-8-18-20(3)12(14)2/h4-8,15H,9-10H2,1-3H3,(H,19,22)/t15-/m0/s1. The quantitative estimate of drug-likeness (QED) is 0.927. The van der Waals surface area contributed by atoms with Crippen LogP contribution in [0.4, 0.5) is 5.69 Å². The molecule has 0 saturated carbocycles. The fraction of sp³-hybridized carbons (Fsp3) is 0.353. The third kappa shape index (κ3) is 3.17. The van der Waals surface area contributed by atoms with Crippen molar-refractivity contribution in [2.24, 2.45) is 7.05 Å². The lowest BCUT2D eigenvalue weighted by molar-refractivity contribution is -0.119. The lowest BCUT2D eigenvalue weighted by Gasteiger charge is -2.23. The van der Waals surface area contributed by atoms with E-state index in [1.807, 2.05) is 38.1 Å². The van der Waals surface area contributed by atoms with E-state index < -0.39 is 6.04 Å². The Hall–Kier alpha value is -2.28. The van der Waals surface area contributed by atoms with Crippen molar-refractivity contribution < 1.29 is 9.59 Å². The summed E-state index contributed by atoms with van der Waals surface area (Å²) in [5, 5.41) is 7.02. The van der Waals surface area contributed by atoms with Gasteiger partial charge in [0.15, 0.2) is 0 Å². The van der Waals surface area contributed by atoms with E-state index in [2.05, 4.69) is 10.4 Å². The van der Waals surface area contributed by atoms with Gasteiger partial charge in [0, 0.05) is 24.2 Å². The Balaban J connectivity index is 1.75. The van der Waals surface area contributed by atoms with E-state index in [9.17, 15) is 9.59 Å². The first-order valence-corrected chi connectivity index (χ1v) is 8.87. The van der Waals surface area contributed by atoms with E-state index in [1.54, 1.807) is 34.6 Å². The Kier molecular flexibility index (Phi) is 4.62. The van der Waals surface area contributed by atoms with Crippen molar-refractivity contribution >= 4 is 29.3 Å². The van der Waals surface area contributed by atoms with Crippen molar-refractivity contribution in [2.75, 3.05) is 16.9 Å². The highest BCUT2D eigenvalue weighted by Gasteiger charge is 2.36. The molecule has 1 saturated heterocycles. The average molecular weight is 344 g/mol. The Morgan fingerprint density at radius 3 is 2.58 bits per heavy atom. The summed E-state index contributed by atoms with van der Waals surface area (Å²) in [6.07, 6.45) is 1.57. The van der Waals surface area contributed by atoms with Crippen molar-refractivity contribution in [3.8, 4) is 0 Å². The van der Waals surface area contributed by atoms with Gasteiger partial charge in [-0.15, -0.1) is 11.8 Å². The lowest BCUT2D eigenvalue weighted by Crippen LogP contribution is -2.44. The number of hydrogen-bond acceptors (Lipinski definition) is 4. The zero-order valence-corrected chi connectivity index (χ0v) is 14.8. The molecule has 0 aliphatic carbocycles. The first kappa shape index (κ1) is 16.6. The molecule has 3 rings (SSSR count). The molecule has 1 fully saturated rings. The zero-order chi connectivity index (χ0) is 17.3. The maximum atomic E-state index is 12.8. The summed E-state index contributed by atoms with van der Waals surface area (Å²) in [6.45, 7) is 3.85. The summed E-state index contributed by atoms with van der Waals surface area (Å²) in [6, 6.07) is 7.16. The number of carbonyl (C=O) groups is 2. The van der Waals surface area contributed by atoms with Crippen LogP contribution in [0, 0.1) is 13.8 Å². The number of aromatic nitrogens is 2. The smallest absolute Gasteiger partial charge is 0.258 e. The minimum atomic E-state index is -0.469. The van der Waals surface area contributed by atoms with Crippen LogP contribution in [0.5, 0.6) is 0 Å². The van der Waals surface area contributed by atoms with Crippen molar-refractivity contribution in [2.45, 2.75) is 19.9 Å². The summed E-state index contributed by atoms with van der Waals surface area (Å²) in [4.78, 5) is 27.0. The second-order valence-electron chi connectivity index (χ2n) is 5.91. The van der Waals surface area contributed by atoms with Gasteiger partial charge >= 0.3 is 0 Å². The molecule has 1 aliphatic rings. The number of anilines is 1. The Bertz CT molecular complexity index is 769. The number of nitrogens with one attached hydrogen (secondary N) is 1. The van der Waals surface area contributed by atoms with Gasteiger partial charge in [0.05, 0.1) is 17.6 Å². The predicted octanol–water partition coefficient (Wildman–Crippen LogP) is 2.19. The van der Waals surface area contributed by atoms with Gasteiger partial charge in [0.1, 0.15) is 6.04 Å². The molecule has 7 heteroatoms. The van der Waals surface area contributed by atoms with Crippen LogP contribution in [0.25, 0.3) is 0 Å². The van der Waals surface area contributed by atoms with Crippen molar-refractivity contribution in [3.63, 3.8) is 0 Å². The Morgan fingerprint density at radius 2 is 1.96 bits per heavy atom. The van der Waals surface area contributed by atoms with Crippen LogP contribution in [0.2, 0.25) is 0 Å². The molecule has 1 aromatic heterocycles. The molecule has 0 unspecified atom stereocenters. The van der Waals surface area contributed by atoms with E-state index in [0.29, 0.717) is 17.2 Å². The van der Waals surface area contributed by atoms with E-state index in [0.717, 1.165) is 16.9 Å². The van der Waals surface area contributed by atoms with Crippen LogP contribution < -0.4 is 5.32 Å². The molecule has 1 N–H and O–H groups in total. The fourth-order valence-corrected chi connectivity index (χ4v) is 3.74. The third-order valence-electron chi connectivity index (χ3n) is 4.23. The topological polar surface area (TPSA) is 67.2 Å². The summed E-state index contributed by atoms with van der Waals surface area (Å²) in [7, 11) is 1.80. The second kappa shape index (κ2) is 6.68. The number of thioether (sulfide) groups is 1. The summed E-state index contributed by atoms with van der Waals surface area (Å²) < 4.78 is 1.66. The van der Waals surface area contributed by atoms with Gasteiger partial charge in [0.2, 0.25) is 5.91 Å². The van der Waals surface area contributed by atoms with Crippen molar-refractivity contribution in [3.05, 3.63) is 47.3 Å². The maximum absolute atomic E-state index is 12.8. The van der Waals surface area contributed by atoms with E-state index in [-0.39, 0.29) is 11.8 Å². The number of hydrogen-bond donors (Lipinski definition) is 1. The minimum Gasteiger partial charge on any atom is -0.324 e. The number of amides is 2. The highest BCUT2D eigenvalue weighted by molar-refractivity contribution is 7.99. The fourth-order valence-electron chi connectivity index (χ4n) is 2.59. The lowest BCUT2D eigenvalue weighted by atomic mass is 10.2. The van der Waals surface area contributed by atoms with Gasteiger partial charge in [-0.25, -0.2) is 0 Å². The van der Waals surface area contributed by atoms with Crippen LogP contribution in [0.3, 0.4) is 0 Å². The molecular formula is C17H20N4O2S. The summed E-state index contributed by atoms with van der Waals surface area (Å²) >= 11 is 1.58. The van der Waals surface area contributed by atoms with Gasteiger partial charge in [-0.1, -0.05) is 17.7 Å². The maximum Gasteiger partial charge on any atom is 0.258 e. The average Bonchev–Trinajstić information content (AvgIpc) is 3.17. The molecule has 2 heterocycles. The summed E-state index contributed by atoms with van der Waals surface area (Å²) in [5.41, 5.74) is 3.23. The van der Waals surface area contributed by atoms with Crippen molar-refractivity contribution in [1.82, 2.24) is 14.7 Å². The van der Waals surface area contributed by atoms with Gasteiger partial charge in [-0.05, 0) is 26.0 Å². The monoisotopic (exact) mass is 344 g/mol. The molecule has 24 heavy (non-hydrogen) atoms. The first-order chi connectivity index (χ1) is 11.5. The normalized spacial score (nSPS) is 17.1. The van der Waals surface area contributed by atoms with Gasteiger partial charge in [-0.2, -0.15) is 5.10 Å². The number of aryl methyl sites for hydroxylation is 2. The highest BCUT2D eigenvalue weighted by Crippen LogP contribution is 2.25. The molecule has 2 aromatic rings. The first-order valence-electron chi connectivity index (χ1n) is 7.72.